The smallest absolute Gasteiger partial charge is 0.196 e. The lowest BCUT2D eigenvalue weighted by molar-refractivity contribution is 0.102. The van der Waals surface area contributed by atoms with Crippen molar-refractivity contribution in [2.45, 2.75) is 12.1 Å². The van der Waals surface area contributed by atoms with Gasteiger partial charge in [0.15, 0.2) is 28.3 Å². The number of thioether (sulfide) groups is 1. The summed E-state index contributed by atoms with van der Waals surface area (Å²) in [5, 5.41) is 9.48. The first-order valence-corrected chi connectivity index (χ1v) is 11.6. The number of hydrogen-bond donors (Lipinski definition) is 0. The van der Waals surface area contributed by atoms with Gasteiger partial charge in [0, 0.05) is 16.8 Å². The fourth-order valence-electron chi connectivity index (χ4n) is 3.44. The number of Topliss-reactive ketones (excluding diaryl/α,β-unsaturated/α-hetero) is 1. The Balaban J connectivity index is 1.64. The van der Waals surface area contributed by atoms with Gasteiger partial charge in [-0.25, -0.2) is 0 Å². The van der Waals surface area contributed by atoms with Gasteiger partial charge >= 0.3 is 0 Å². The summed E-state index contributed by atoms with van der Waals surface area (Å²) >= 11 is 1.34. The summed E-state index contributed by atoms with van der Waals surface area (Å²) in [5.41, 5.74) is 3.51. The number of carbonyl (C=O) groups is 1. The number of carbonyl (C=O) groups excluding carboxylic acids is 1. The van der Waals surface area contributed by atoms with Gasteiger partial charge in [0.2, 0.25) is 0 Å². The molecule has 8 heteroatoms. The first-order chi connectivity index (χ1) is 16.5. The highest BCUT2D eigenvalue weighted by Crippen LogP contribution is 2.31. The third kappa shape index (κ3) is 4.92. The van der Waals surface area contributed by atoms with Gasteiger partial charge in [0.1, 0.15) is 5.75 Å². The van der Waals surface area contributed by atoms with E-state index in [1.807, 2.05) is 60.0 Å². The summed E-state index contributed by atoms with van der Waals surface area (Å²) in [7, 11) is 4.74. The predicted molar refractivity (Wildman–Crippen MR) is 133 cm³/mol. The van der Waals surface area contributed by atoms with E-state index in [4.69, 9.17) is 14.2 Å². The Morgan fingerprint density at radius 1 is 0.853 bits per heavy atom. The molecule has 0 atom stereocenters. The minimum absolute atomic E-state index is 0.0459. The number of ketones is 1. The molecule has 0 unspecified atom stereocenters. The van der Waals surface area contributed by atoms with Gasteiger partial charge in [-0.3, -0.25) is 9.36 Å². The van der Waals surface area contributed by atoms with Crippen LogP contribution in [0.1, 0.15) is 15.9 Å². The van der Waals surface area contributed by atoms with Crippen LogP contribution < -0.4 is 14.2 Å². The second kappa shape index (κ2) is 10.4. The molecule has 0 bridgehead atoms. The third-order valence-electron chi connectivity index (χ3n) is 5.31. The van der Waals surface area contributed by atoms with Gasteiger partial charge in [-0.15, -0.1) is 10.2 Å². The van der Waals surface area contributed by atoms with E-state index in [0.29, 0.717) is 28.0 Å². The topological polar surface area (TPSA) is 75.5 Å². The molecule has 0 aliphatic carbocycles. The average molecular weight is 476 g/mol. The SMILES string of the molecule is COc1ccc(-c2nnc(SCC(=O)c3ccc(OC)c(OC)c3)n2-c2ccc(C)cc2)cc1. The highest BCUT2D eigenvalue weighted by atomic mass is 32.2. The average Bonchev–Trinajstić information content (AvgIpc) is 3.31. The van der Waals surface area contributed by atoms with Crippen molar-refractivity contribution in [1.82, 2.24) is 14.8 Å². The molecule has 7 nitrogen and oxygen atoms in total. The van der Waals surface area contributed by atoms with Crippen LogP contribution in [0.15, 0.2) is 71.9 Å². The van der Waals surface area contributed by atoms with E-state index in [1.54, 1.807) is 39.5 Å². The highest BCUT2D eigenvalue weighted by molar-refractivity contribution is 7.99. The lowest BCUT2D eigenvalue weighted by Gasteiger charge is -2.11. The number of hydrogen-bond acceptors (Lipinski definition) is 7. The quantitative estimate of drug-likeness (QED) is 0.242. The van der Waals surface area contributed by atoms with Crippen LogP contribution in [0.3, 0.4) is 0 Å². The second-order valence-corrected chi connectivity index (χ2v) is 8.43. The molecule has 34 heavy (non-hydrogen) atoms. The molecule has 0 amide bonds. The standard InChI is InChI=1S/C26H25N3O4S/c1-17-5-10-20(11-6-17)29-25(18-7-12-21(31-2)13-8-18)27-28-26(29)34-16-22(30)19-9-14-23(32-3)24(15-19)33-4/h5-15H,16H2,1-4H3. The maximum atomic E-state index is 12.9. The maximum absolute atomic E-state index is 12.9. The van der Waals surface area contributed by atoms with Gasteiger partial charge in [0.25, 0.3) is 0 Å². The Kier molecular flexibility index (Phi) is 7.18. The summed E-state index contributed by atoms with van der Waals surface area (Å²) in [6, 6.07) is 20.9. The van der Waals surface area contributed by atoms with E-state index >= 15 is 0 Å². The van der Waals surface area contributed by atoms with E-state index in [2.05, 4.69) is 10.2 Å². The van der Waals surface area contributed by atoms with Crippen LogP contribution in [-0.4, -0.2) is 47.6 Å². The van der Waals surface area contributed by atoms with Crippen molar-refractivity contribution in [1.29, 1.82) is 0 Å². The van der Waals surface area contributed by atoms with E-state index in [-0.39, 0.29) is 11.5 Å². The number of methoxy groups -OCH3 is 3. The van der Waals surface area contributed by atoms with Gasteiger partial charge in [-0.05, 0) is 61.5 Å². The minimum Gasteiger partial charge on any atom is -0.497 e. The molecule has 1 aromatic heterocycles. The molecule has 0 spiro atoms. The Morgan fingerprint density at radius 2 is 1.56 bits per heavy atom. The van der Waals surface area contributed by atoms with Crippen molar-refractivity contribution in [2.75, 3.05) is 27.1 Å². The molecular formula is C26H25N3O4S. The molecule has 4 aromatic rings. The van der Waals surface area contributed by atoms with Crippen LogP contribution in [0.4, 0.5) is 0 Å². The van der Waals surface area contributed by atoms with E-state index in [0.717, 1.165) is 22.6 Å². The molecule has 0 fully saturated rings. The molecule has 4 rings (SSSR count). The zero-order valence-electron chi connectivity index (χ0n) is 19.4. The van der Waals surface area contributed by atoms with E-state index in [9.17, 15) is 4.79 Å². The van der Waals surface area contributed by atoms with Crippen LogP contribution in [0, 0.1) is 6.92 Å². The van der Waals surface area contributed by atoms with Gasteiger partial charge in [-0.2, -0.15) is 0 Å². The summed E-state index contributed by atoms with van der Waals surface area (Å²) in [5.74, 6) is 2.70. The lowest BCUT2D eigenvalue weighted by Crippen LogP contribution is -2.05. The first kappa shape index (κ1) is 23.4. The van der Waals surface area contributed by atoms with Crippen LogP contribution in [0.2, 0.25) is 0 Å². The second-order valence-electron chi connectivity index (χ2n) is 7.49. The molecule has 0 radical (unpaired) electrons. The monoisotopic (exact) mass is 475 g/mol. The van der Waals surface area contributed by atoms with Crippen molar-refractivity contribution in [3.63, 3.8) is 0 Å². The third-order valence-corrected chi connectivity index (χ3v) is 6.24. The molecule has 0 saturated carbocycles. The molecule has 0 saturated heterocycles. The van der Waals surface area contributed by atoms with E-state index in [1.165, 1.54) is 11.8 Å². The Hall–Kier alpha value is -3.78. The van der Waals surface area contributed by atoms with E-state index < -0.39 is 0 Å². The summed E-state index contributed by atoms with van der Waals surface area (Å²) in [6.07, 6.45) is 0. The largest absolute Gasteiger partial charge is 0.497 e. The fraction of sp³-hybridized carbons (Fsp3) is 0.192. The fourth-order valence-corrected chi connectivity index (χ4v) is 4.29. The number of aromatic nitrogens is 3. The minimum atomic E-state index is -0.0459. The van der Waals surface area contributed by atoms with Gasteiger partial charge in [0.05, 0.1) is 27.1 Å². The zero-order valence-corrected chi connectivity index (χ0v) is 20.3. The van der Waals surface area contributed by atoms with Gasteiger partial charge in [-0.1, -0.05) is 29.5 Å². The lowest BCUT2D eigenvalue weighted by atomic mass is 10.1. The van der Waals surface area contributed by atoms with Crippen LogP contribution in [0.5, 0.6) is 17.2 Å². The molecular weight excluding hydrogens is 450 g/mol. The number of ether oxygens (including phenoxy) is 3. The Labute approximate surface area is 202 Å². The molecule has 0 aliphatic rings. The van der Waals surface area contributed by atoms with Crippen molar-refractivity contribution in [3.8, 4) is 34.3 Å². The summed E-state index contributed by atoms with van der Waals surface area (Å²) in [4.78, 5) is 12.9. The predicted octanol–water partition coefficient (Wildman–Crippen LogP) is 5.24. The van der Waals surface area contributed by atoms with Crippen LogP contribution in [0.25, 0.3) is 17.1 Å². The maximum Gasteiger partial charge on any atom is 0.196 e. The molecule has 3 aromatic carbocycles. The van der Waals surface area contributed by atoms with Gasteiger partial charge < -0.3 is 14.2 Å². The number of benzene rings is 3. The van der Waals surface area contributed by atoms with Crippen molar-refractivity contribution in [2.24, 2.45) is 0 Å². The molecule has 174 valence electrons. The zero-order chi connectivity index (χ0) is 24.1. The molecule has 1 heterocycles. The number of rotatable bonds is 9. The Bertz CT molecular complexity index is 1280. The Morgan fingerprint density at radius 3 is 2.21 bits per heavy atom. The van der Waals surface area contributed by atoms with Crippen LogP contribution in [-0.2, 0) is 0 Å². The molecule has 0 N–H and O–H groups in total. The summed E-state index contributed by atoms with van der Waals surface area (Å²) in [6.45, 7) is 2.04. The normalized spacial score (nSPS) is 10.7. The highest BCUT2D eigenvalue weighted by Gasteiger charge is 2.18. The number of aryl methyl sites for hydroxylation is 1. The van der Waals surface area contributed by atoms with Crippen molar-refractivity contribution < 1.29 is 19.0 Å². The van der Waals surface area contributed by atoms with Crippen molar-refractivity contribution >= 4 is 17.5 Å². The van der Waals surface area contributed by atoms with Crippen molar-refractivity contribution in [3.05, 3.63) is 77.9 Å². The first-order valence-electron chi connectivity index (χ1n) is 10.6. The van der Waals surface area contributed by atoms with Crippen LogP contribution >= 0.6 is 11.8 Å². The molecule has 0 aliphatic heterocycles. The summed E-state index contributed by atoms with van der Waals surface area (Å²) < 4.78 is 17.8. The number of nitrogens with zero attached hydrogens (tertiary/aromatic N) is 3.